The van der Waals surface area contributed by atoms with Crippen LogP contribution in [0.2, 0.25) is 0 Å². The quantitative estimate of drug-likeness (QED) is 0.572. The second kappa shape index (κ2) is 11.1. The molecule has 182 valence electrons. The summed E-state index contributed by atoms with van der Waals surface area (Å²) >= 11 is 0. The molecule has 1 aromatic carbocycles. The third-order valence-electron chi connectivity index (χ3n) is 6.92. The zero-order chi connectivity index (χ0) is 24.0. The summed E-state index contributed by atoms with van der Waals surface area (Å²) in [6.45, 7) is 9.82. The maximum absolute atomic E-state index is 13.2. The predicted molar refractivity (Wildman–Crippen MR) is 124 cm³/mol. The van der Waals surface area contributed by atoms with Gasteiger partial charge in [0, 0.05) is 13.1 Å². The van der Waals surface area contributed by atoms with Crippen LogP contribution in [0.1, 0.15) is 63.6 Å². The Morgan fingerprint density at radius 3 is 2.36 bits per heavy atom. The van der Waals surface area contributed by atoms with Gasteiger partial charge in [-0.1, -0.05) is 57.0 Å². The minimum absolute atomic E-state index is 0.150. The van der Waals surface area contributed by atoms with E-state index in [4.69, 9.17) is 9.47 Å². The lowest BCUT2D eigenvalue weighted by Gasteiger charge is -2.53. The molecule has 2 aliphatic heterocycles. The summed E-state index contributed by atoms with van der Waals surface area (Å²) < 4.78 is 11.3. The van der Waals surface area contributed by atoms with Crippen molar-refractivity contribution in [3.63, 3.8) is 0 Å². The first-order chi connectivity index (χ1) is 15.9. The molecular formula is C25H37N3O5. The minimum atomic E-state index is -0.785. The van der Waals surface area contributed by atoms with Gasteiger partial charge in [0.25, 0.3) is 0 Å². The minimum Gasteiger partial charge on any atom is -0.378 e. The molecule has 8 heteroatoms. The van der Waals surface area contributed by atoms with E-state index in [0.29, 0.717) is 39.1 Å². The molecule has 0 aromatic heterocycles. The number of ether oxygens (including phenoxy) is 2. The molecule has 0 aliphatic carbocycles. The maximum Gasteiger partial charge on any atom is 0.326 e. The normalized spacial score (nSPS) is 20.8. The van der Waals surface area contributed by atoms with E-state index in [9.17, 15) is 14.4 Å². The number of amides is 4. The van der Waals surface area contributed by atoms with Crippen molar-refractivity contribution < 1.29 is 23.9 Å². The number of nitrogens with zero attached hydrogens (tertiary/aromatic N) is 2. The standard InChI is InChI=1S/C25H37N3O5/c1-5-8-20(19-11-9-18(4)10-12-19)26-24(31)28-22(30)25(6-2,7-3)23(28)33-17-21(29)27-13-15-32-16-14-27/h9-12,20,23H,5-8,13-17H2,1-4H3,(H,26,31)/t20-,23+/m1/s1. The lowest BCUT2D eigenvalue weighted by Crippen LogP contribution is -2.73. The summed E-state index contributed by atoms with van der Waals surface area (Å²) in [6.07, 6.45) is 1.96. The van der Waals surface area contributed by atoms with Gasteiger partial charge >= 0.3 is 6.03 Å². The van der Waals surface area contributed by atoms with Gasteiger partial charge in [-0.3, -0.25) is 9.59 Å². The van der Waals surface area contributed by atoms with Crippen molar-refractivity contribution in [2.45, 2.75) is 65.6 Å². The number of nitrogens with one attached hydrogen (secondary N) is 1. The Balaban J connectivity index is 1.72. The van der Waals surface area contributed by atoms with Crippen molar-refractivity contribution in [2.24, 2.45) is 5.41 Å². The lowest BCUT2D eigenvalue weighted by atomic mass is 9.72. The molecule has 2 atom stereocenters. The van der Waals surface area contributed by atoms with Gasteiger partial charge in [0.1, 0.15) is 6.61 Å². The van der Waals surface area contributed by atoms with E-state index in [1.807, 2.05) is 45.0 Å². The summed E-state index contributed by atoms with van der Waals surface area (Å²) in [5, 5.41) is 3.03. The number of rotatable bonds is 9. The summed E-state index contributed by atoms with van der Waals surface area (Å²) in [4.78, 5) is 41.8. The molecule has 33 heavy (non-hydrogen) atoms. The average Bonchev–Trinajstić information content (AvgIpc) is 2.83. The molecule has 0 spiro atoms. The number of aryl methyl sites for hydroxylation is 1. The Bertz CT molecular complexity index is 831. The molecule has 2 saturated heterocycles. The Morgan fingerprint density at radius 2 is 1.79 bits per heavy atom. The highest BCUT2D eigenvalue weighted by molar-refractivity contribution is 6.03. The van der Waals surface area contributed by atoms with Gasteiger partial charge in [-0.2, -0.15) is 0 Å². The van der Waals surface area contributed by atoms with Gasteiger partial charge in [-0.15, -0.1) is 0 Å². The van der Waals surface area contributed by atoms with Crippen LogP contribution in [0.15, 0.2) is 24.3 Å². The number of carbonyl (C=O) groups is 3. The van der Waals surface area contributed by atoms with Crippen LogP contribution >= 0.6 is 0 Å². The highest BCUT2D eigenvalue weighted by Gasteiger charge is 2.62. The van der Waals surface area contributed by atoms with Crippen LogP contribution in [0.4, 0.5) is 4.79 Å². The van der Waals surface area contributed by atoms with Crippen LogP contribution in [0.3, 0.4) is 0 Å². The molecule has 0 bridgehead atoms. The topological polar surface area (TPSA) is 88.2 Å². The SMILES string of the molecule is CCC[C@@H](NC(=O)N1C(=O)C(CC)(CC)[C@@H]1OCC(=O)N1CCOCC1)c1ccc(C)cc1. The van der Waals surface area contributed by atoms with Crippen molar-refractivity contribution in [3.05, 3.63) is 35.4 Å². The van der Waals surface area contributed by atoms with Crippen molar-refractivity contribution in [1.82, 2.24) is 15.1 Å². The van der Waals surface area contributed by atoms with E-state index in [2.05, 4.69) is 12.2 Å². The van der Waals surface area contributed by atoms with Crippen molar-refractivity contribution in [2.75, 3.05) is 32.9 Å². The summed E-state index contributed by atoms with van der Waals surface area (Å²) in [5.41, 5.74) is 1.36. The van der Waals surface area contributed by atoms with Crippen LogP contribution in [0, 0.1) is 12.3 Å². The Labute approximate surface area is 196 Å². The van der Waals surface area contributed by atoms with Gasteiger partial charge in [-0.25, -0.2) is 9.69 Å². The van der Waals surface area contributed by atoms with Crippen LogP contribution in [-0.2, 0) is 19.1 Å². The smallest absolute Gasteiger partial charge is 0.326 e. The number of β-lactam (4-membered cyclic amide) rings is 1. The van der Waals surface area contributed by atoms with Gasteiger partial charge in [-0.05, 0) is 31.7 Å². The van der Waals surface area contributed by atoms with E-state index >= 15 is 0 Å². The second-order valence-corrected chi connectivity index (χ2v) is 8.90. The molecule has 1 aromatic rings. The molecule has 8 nitrogen and oxygen atoms in total. The maximum atomic E-state index is 13.2. The summed E-state index contributed by atoms with van der Waals surface area (Å²) in [7, 11) is 0. The van der Waals surface area contributed by atoms with Crippen LogP contribution in [0.25, 0.3) is 0 Å². The molecule has 2 aliphatic rings. The van der Waals surface area contributed by atoms with Crippen LogP contribution in [-0.4, -0.2) is 66.8 Å². The number of hydrogen-bond donors (Lipinski definition) is 1. The number of benzene rings is 1. The highest BCUT2D eigenvalue weighted by Crippen LogP contribution is 2.46. The number of imide groups is 1. The molecule has 0 saturated carbocycles. The van der Waals surface area contributed by atoms with Gasteiger partial charge in [0.05, 0.1) is 24.7 Å². The first kappa shape index (κ1) is 25.2. The molecule has 2 heterocycles. The third-order valence-corrected chi connectivity index (χ3v) is 6.92. The van der Waals surface area contributed by atoms with E-state index in [1.54, 1.807) is 4.90 Å². The fourth-order valence-electron chi connectivity index (χ4n) is 4.65. The molecule has 3 rings (SSSR count). The Kier molecular flexibility index (Phi) is 8.48. The molecule has 0 unspecified atom stereocenters. The highest BCUT2D eigenvalue weighted by atomic mass is 16.5. The predicted octanol–water partition coefficient (Wildman–Crippen LogP) is 3.40. The average molecular weight is 460 g/mol. The van der Waals surface area contributed by atoms with E-state index in [-0.39, 0.29) is 24.5 Å². The lowest BCUT2D eigenvalue weighted by molar-refractivity contribution is -0.212. The fraction of sp³-hybridized carbons (Fsp3) is 0.640. The van der Waals surface area contributed by atoms with Crippen molar-refractivity contribution in [3.8, 4) is 0 Å². The number of hydrogen-bond acceptors (Lipinski definition) is 5. The Morgan fingerprint density at radius 1 is 1.15 bits per heavy atom. The largest absolute Gasteiger partial charge is 0.378 e. The van der Waals surface area contributed by atoms with E-state index < -0.39 is 17.7 Å². The van der Waals surface area contributed by atoms with E-state index in [0.717, 1.165) is 28.9 Å². The monoisotopic (exact) mass is 459 g/mol. The number of urea groups is 1. The van der Waals surface area contributed by atoms with Crippen molar-refractivity contribution >= 4 is 17.8 Å². The van der Waals surface area contributed by atoms with Crippen LogP contribution in [0.5, 0.6) is 0 Å². The molecular weight excluding hydrogens is 422 g/mol. The summed E-state index contributed by atoms with van der Waals surface area (Å²) in [6, 6.07) is 7.36. The Hall–Kier alpha value is -2.45. The van der Waals surface area contributed by atoms with Gasteiger partial charge in [0.15, 0.2) is 6.23 Å². The first-order valence-corrected chi connectivity index (χ1v) is 12.1. The van der Waals surface area contributed by atoms with Crippen LogP contribution < -0.4 is 5.32 Å². The van der Waals surface area contributed by atoms with Gasteiger partial charge in [0.2, 0.25) is 11.8 Å². The molecule has 4 amide bonds. The second-order valence-electron chi connectivity index (χ2n) is 8.90. The number of carbonyl (C=O) groups excluding carboxylic acids is 3. The fourth-order valence-corrected chi connectivity index (χ4v) is 4.65. The van der Waals surface area contributed by atoms with Gasteiger partial charge < -0.3 is 19.7 Å². The molecule has 0 radical (unpaired) electrons. The summed E-state index contributed by atoms with van der Waals surface area (Å²) in [5.74, 6) is -0.393. The number of morpholine rings is 1. The first-order valence-electron chi connectivity index (χ1n) is 12.1. The number of likely N-dealkylation sites (tertiary alicyclic amines) is 1. The van der Waals surface area contributed by atoms with E-state index in [1.165, 1.54) is 0 Å². The molecule has 1 N–H and O–H groups in total. The third kappa shape index (κ3) is 5.22. The zero-order valence-corrected chi connectivity index (χ0v) is 20.3. The zero-order valence-electron chi connectivity index (χ0n) is 20.3. The van der Waals surface area contributed by atoms with Crippen molar-refractivity contribution in [1.29, 1.82) is 0 Å². The molecule has 2 fully saturated rings.